The zero-order valence-electron chi connectivity index (χ0n) is 16.2. The summed E-state index contributed by atoms with van der Waals surface area (Å²) < 4.78 is 4.27. The van der Waals surface area contributed by atoms with Crippen molar-refractivity contribution < 1.29 is 5.11 Å². The summed E-state index contributed by atoms with van der Waals surface area (Å²) in [5.74, 6) is 0.642. The van der Waals surface area contributed by atoms with Crippen LogP contribution >= 0.6 is 0 Å². The molecule has 1 atom stereocenters. The molecule has 3 aromatic rings. The molecule has 3 heterocycles. The van der Waals surface area contributed by atoms with Gasteiger partial charge < -0.3 is 14.6 Å². The lowest BCUT2D eigenvalue weighted by Crippen LogP contribution is -2.38. The number of aliphatic hydroxyl groups is 1. The number of nitrogens with zero attached hydrogens (tertiary/aromatic N) is 5. The molecule has 1 unspecified atom stereocenters. The molecule has 0 radical (unpaired) electrons. The van der Waals surface area contributed by atoms with Gasteiger partial charge in [-0.1, -0.05) is 30.3 Å². The minimum atomic E-state index is -0.788. The number of aryl methyl sites for hydroxylation is 1. The van der Waals surface area contributed by atoms with E-state index in [4.69, 9.17) is 0 Å². The fourth-order valence-corrected chi connectivity index (χ4v) is 3.90. The minimum absolute atomic E-state index is 0.194. The maximum Gasteiger partial charge on any atom is 0.332 e. The number of piperidine rings is 1. The second-order valence-electron chi connectivity index (χ2n) is 7.37. The van der Waals surface area contributed by atoms with Gasteiger partial charge in [-0.2, -0.15) is 4.98 Å². The van der Waals surface area contributed by atoms with Gasteiger partial charge in [-0.15, -0.1) is 0 Å². The van der Waals surface area contributed by atoms with E-state index in [1.165, 1.54) is 18.0 Å². The number of imidazole rings is 1. The highest BCUT2D eigenvalue weighted by Crippen LogP contribution is 2.26. The van der Waals surface area contributed by atoms with Gasteiger partial charge in [-0.05, 0) is 24.8 Å². The summed E-state index contributed by atoms with van der Waals surface area (Å²) in [7, 11) is 3.09. The van der Waals surface area contributed by atoms with Gasteiger partial charge in [0, 0.05) is 27.2 Å². The zero-order valence-corrected chi connectivity index (χ0v) is 16.2. The first-order valence-electron chi connectivity index (χ1n) is 9.63. The standard InChI is InChI=1S/C20H25N5O3/c1-22-17-16(18(27)23(2)20(22)28)25(13-15(26)14-9-5-3-6-10-14)19(21-17)24-11-7-4-8-12-24/h3,5-6,9-10,15,26H,4,7-8,11-13H2,1-2H3. The molecule has 1 aromatic carbocycles. The van der Waals surface area contributed by atoms with Crippen molar-refractivity contribution in [3.05, 3.63) is 56.7 Å². The average Bonchev–Trinajstić information content (AvgIpc) is 3.11. The van der Waals surface area contributed by atoms with E-state index in [2.05, 4.69) is 9.88 Å². The van der Waals surface area contributed by atoms with Crippen LogP contribution in [0.1, 0.15) is 30.9 Å². The summed E-state index contributed by atoms with van der Waals surface area (Å²) in [6, 6.07) is 9.36. The van der Waals surface area contributed by atoms with E-state index in [1.54, 1.807) is 11.6 Å². The van der Waals surface area contributed by atoms with Crippen molar-refractivity contribution in [2.24, 2.45) is 14.1 Å². The number of hydrogen-bond acceptors (Lipinski definition) is 5. The van der Waals surface area contributed by atoms with E-state index < -0.39 is 17.4 Å². The van der Waals surface area contributed by atoms with Crippen LogP contribution in [0.3, 0.4) is 0 Å². The van der Waals surface area contributed by atoms with E-state index in [1.807, 2.05) is 30.3 Å². The average molecular weight is 383 g/mol. The first kappa shape index (κ1) is 18.5. The fraction of sp³-hybridized carbons (Fsp3) is 0.450. The number of anilines is 1. The number of benzene rings is 1. The lowest BCUT2D eigenvalue weighted by atomic mass is 10.1. The van der Waals surface area contributed by atoms with Crippen LogP contribution in [0.15, 0.2) is 39.9 Å². The van der Waals surface area contributed by atoms with Crippen molar-refractivity contribution in [1.29, 1.82) is 0 Å². The van der Waals surface area contributed by atoms with Gasteiger partial charge in [-0.25, -0.2) is 4.79 Å². The summed E-state index contributed by atoms with van der Waals surface area (Å²) >= 11 is 0. The Kier molecular flexibility index (Phi) is 4.80. The van der Waals surface area contributed by atoms with Crippen molar-refractivity contribution in [3.8, 4) is 0 Å². The van der Waals surface area contributed by atoms with Gasteiger partial charge >= 0.3 is 5.69 Å². The van der Waals surface area contributed by atoms with Crippen LogP contribution < -0.4 is 16.1 Å². The number of rotatable bonds is 4. The highest BCUT2D eigenvalue weighted by Gasteiger charge is 2.25. The minimum Gasteiger partial charge on any atom is -0.387 e. The molecule has 1 fully saturated rings. The first-order chi connectivity index (χ1) is 13.5. The predicted octanol–water partition coefficient (Wildman–Crippen LogP) is 1.16. The maximum absolute atomic E-state index is 12.9. The highest BCUT2D eigenvalue weighted by atomic mass is 16.3. The Morgan fingerprint density at radius 1 is 1.04 bits per heavy atom. The zero-order chi connectivity index (χ0) is 19.8. The molecule has 4 rings (SSSR count). The summed E-state index contributed by atoms with van der Waals surface area (Å²) in [6.07, 6.45) is 2.50. The van der Waals surface area contributed by atoms with Crippen LogP contribution in [0.5, 0.6) is 0 Å². The van der Waals surface area contributed by atoms with Gasteiger partial charge in [0.25, 0.3) is 5.56 Å². The Labute approximate surface area is 162 Å². The molecule has 0 spiro atoms. The van der Waals surface area contributed by atoms with Crippen molar-refractivity contribution in [2.45, 2.75) is 31.9 Å². The first-order valence-corrected chi connectivity index (χ1v) is 9.63. The molecule has 1 aliphatic rings. The third kappa shape index (κ3) is 3.03. The van der Waals surface area contributed by atoms with Gasteiger partial charge in [0.05, 0.1) is 12.6 Å². The molecule has 2 aromatic heterocycles. The quantitative estimate of drug-likeness (QED) is 0.731. The lowest BCUT2D eigenvalue weighted by molar-refractivity contribution is 0.158. The third-order valence-corrected chi connectivity index (χ3v) is 5.51. The van der Waals surface area contributed by atoms with Crippen LogP contribution in [0, 0.1) is 0 Å². The van der Waals surface area contributed by atoms with E-state index in [9.17, 15) is 14.7 Å². The monoisotopic (exact) mass is 383 g/mol. The Balaban J connectivity index is 1.90. The van der Waals surface area contributed by atoms with Crippen molar-refractivity contribution in [1.82, 2.24) is 18.7 Å². The summed E-state index contributed by atoms with van der Waals surface area (Å²) in [5, 5.41) is 10.8. The fourth-order valence-electron chi connectivity index (χ4n) is 3.90. The molecule has 1 saturated heterocycles. The number of aliphatic hydroxyl groups excluding tert-OH is 1. The van der Waals surface area contributed by atoms with Gasteiger partial charge in [0.15, 0.2) is 11.2 Å². The lowest BCUT2D eigenvalue weighted by Gasteiger charge is -2.28. The molecule has 1 aliphatic heterocycles. The molecule has 148 valence electrons. The largest absolute Gasteiger partial charge is 0.387 e. The normalized spacial score (nSPS) is 15.9. The Morgan fingerprint density at radius 3 is 2.39 bits per heavy atom. The van der Waals surface area contributed by atoms with E-state index in [-0.39, 0.29) is 6.54 Å². The predicted molar refractivity (Wildman–Crippen MR) is 108 cm³/mol. The number of aromatic nitrogens is 4. The SMILES string of the molecule is Cn1c(=O)c2c(nc(N3CCCCC3)n2CC(O)c2ccccc2)n(C)c1=O. The molecule has 1 N–H and O–H groups in total. The van der Waals surface area contributed by atoms with Gasteiger partial charge in [-0.3, -0.25) is 13.9 Å². The summed E-state index contributed by atoms with van der Waals surface area (Å²) in [5.41, 5.74) is 0.676. The van der Waals surface area contributed by atoms with Crippen LogP contribution in [-0.2, 0) is 20.6 Å². The van der Waals surface area contributed by atoms with E-state index in [0.717, 1.165) is 36.1 Å². The third-order valence-electron chi connectivity index (χ3n) is 5.51. The molecular formula is C20H25N5O3. The van der Waals surface area contributed by atoms with E-state index >= 15 is 0 Å². The highest BCUT2D eigenvalue weighted by molar-refractivity contribution is 5.74. The maximum atomic E-state index is 12.9. The van der Waals surface area contributed by atoms with Crippen molar-refractivity contribution >= 4 is 17.1 Å². The van der Waals surface area contributed by atoms with E-state index in [0.29, 0.717) is 17.1 Å². The molecule has 0 amide bonds. The molecular weight excluding hydrogens is 358 g/mol. The van der Waals surface area contributed by atoms with Crippen molar-refractivity contribution in [2.75, 3.05) is 18.0 Å². The van der Waals surface area contributed by atoms with Crippen LogP contribution in [-0.4, -0.2) is 36.9 Å². The molecule has 8 nitrogen and oxygen atoms in total. The topological polar surface area (TPSA) is 85.3 Å². The summed E-state index contributed by atoms with van der Waals surface area (Å²) in [4.78, 5) is 32.1. The Hall–Kier alpha value is -2.87. The van der Waals surface area contributed by atoms with Crippen LogP contribution in [0.2, 0.25) is 0 Å². The van der Waals surface area contributed by atoms with Crippen LogP contribution in [0.4, 0.5) is 5.95 Å². The summed E-state index contributed by atoms with van der Waals surface area (Å²) in [6.45, 7) is 1.89. The molecule has 28 heavy (non-hydrogen) atoms. The Morgan fingerprint density at radius 2 is 1.71 bits per heavy atom. The van der Waals surface area contributed by atoms with Gasteiger partial charge in [0.1, 0.15) is 0 Å². The molecule has 0 bridgehead atoms. The van der Waals surface area contributed by atoms with Gasteiger partial charge in [0.2, 0.25) is 5.95 Å². The van der Waals surface area contributed by atoms with Crippen LogP contribution in [0.25, 0.3) is 11.2 Å². The Bertz CT molecular complexity index is 1110. The van der Waals surface area contributed by atoms with Crippen molar-refractivity contribution in [3.63, 3.8) is 0 Å². The molecule has 0 saturated carbocycles. The second kappa shape index (κ2) is 7.27. The number of fused-ring (bicyclic) bond motifs is 1. The number of hydrogen-bond donors (Lipinski definition) is 1. The molecule has 0 aliphatic carbocycles. The molecule has 8 heteroatoms. The second-order valence-corrected chi connectivity index (χ2v) is 7.37. The smallest absolute Gasteiger partial charge is 0.332 e.